The Morgan fingerprint density at radius 2 is 2.00 bits per heavy atom. The molecular weight excluding hydrogens is 212 g/mol. The Morgan fingerprint density at radius 1 is 1.29 bits per heavy atom. The van der Waals surface area contributed by atoms with E-state index in [2.05, 4.69) is 42.6 Å². The molecule has 0 aliphatic heterocycles. The molecule has 1 heterocycles. The van der Waals surface area contributed by atoms with E-state index < -0.39 is 0 Å². The van der Waals surface area contributed by atoms with Crippen molar-refractivity contribution in [2.75, 3.05) is 0 Å². The van der Waals surface area contributed by atoms with Gasteiger partial charge in [-0.1, -0.05) is 33.6 Å². The molecule has 3 heteroatoms. The average Bonchev–Trinajstić information content (AvgIpc) is 2.28. The van der Waals surface area contributed by atoms with Gasteiger partial charge in [0.25, 0.3) is 0 Å². The molecule has 0 unspecified atom stereocenters. The lowest BCUT2D eigenvalue weighted by molar-refractivity contribution is 0.242. The van der Waals surface area contributed by atoms with E-state index in [1.165, 1.54) is 0 Å². The van der Waals surface area contributed by atoms with Crippen LogP contribution in [-0.2, 0) is 5.41 Å². The topological polar surface area (TPSA) is 35.0 Å². The maximum Gasteiger partial charge on any atom is 0.233 e. The molecule has 92 valence electrons. The molecule has 1 aromatic rings. The summed E-state index contributed by atoms with van der Waals surface area (Å²) in [4.78, 5) is 8.62. The number of nitrogens with zero attached hydrogens (tertiary/aromatic N) is 2. The number of ether oxygens (including phenoxy) is 1. The van der Waals surface area contributed by atoms with Crippen LogP contribution in [0.4, 0.5) is 0 Å². The fourth-order valence-corrected chi connectivity index (χ4v) is 1.29. The Balaban J connectivity index is 2.77. The van der Waals surface area contributed by atoms with E-state index in [1.807, 2.05) is 6.92 Å². The molecule has 0 aromatic carbocycles. The third-order valence-corrected chi connectivity index (χ3v) is 2.34. The molecule has 0 N–H and O–H groups in total. The fourth-order valence-electron chi connectivity index (χ4n) is 1.29. The Kier molecular flexibility index (Phi) is 4.51. The van der Waals surface area contributed by atoms with Crippen LogP contribution in [0.25, 0.3) is 0 Å². The third-order valence-electron chi connectivity index (χ3n) is 2.34. The molecule has 0 spiro atoms. The van der Waals surface area contributed by atoms with E-state index in [0.717, 1.165) is 12.1 Å². The molecule has 0 bridgehead atoms. The number of hydrogen-bond acceptors (Lipinski definition) is 3. The quantitative estimate of drug-likeness (QED) is 0.751. The summed E-state index contributed by atoms with van der Waals surface area (Å²) in [5.74, 6) is 6.37. The van der Waals surface area contributed by atoms with E-state index in [0.29, 0.717) is 5.88 Å². The van der Waals surface area contributed by atoms with E-state index in [4.69, 9.17) is 4.74 Å². The van der Waals surface area contributed by atoms with Crippen LogP contribution in [0.5, 0.6) is 5.88 Å². The first-order valence-corrected chi connectivity index (χ1v) is 5.88. The largest absolute Gasteiger partial charge is 0.460 e. The Hall–Kier alpha value is -1.56. The van der Waals surface area contributed by atoms with Crippen molar-refractivity contribution in [2.24, 2.45) is 0 Å². The number of aromatic nitrogens is 2. The Labute approximate surface area is 104 Å². The molecule has 1 aromatic heterocycles. The lowest BCUT2D eigenvalue weighted by Gasteiger charge is -2.17. The summed E-state index contributed by atoms with van der Waals surface area (Å²) >= 11 is 0. The van der Waals surface area contributed by atoms with Crippen molar-refractivity contribution < 1.29 is 4.74 Å². The fraction of sp³-hybridized carbons (Fsp3) is 0.571. The van der Waals surface area contributed by atoms with Crippen LogP contribution in [0.3, 0.4) is 0 Å². The van der Waals surface area contributed by atoms with Crippen LogP contribution in [0.1, 0.15) is 46.7 Å². The predicted molar refractivity (Wildman–Crippen MR) is 68.9 cm³/mol. The second-order valence-corrected chi connectivity index (χ2v) is 4.90. The zero-order chi connectivity index (χ0) is 12.9. The summed E-state index contributed by atoms with van der Waals surface area (Å²) in [5, 5.41) is 0. The van der Waals surface area contributed by atoms with Gasteiger partial charge >= 0.3 is 0 Å². The highest BCUT2D eigenvalue weighted by molar-refractivity contribution is 5.15. The molecule has 0 aliphatic carbocycles. The van der Waals surface area contributed by atoms with Gasteiger partial charge in [-0.05, 0) is 13.3 Å². The highest BCUT2D eigenvalue weighted by atomic mass is 16.5. The Bertz CT molecular complexity index is 407. The van der Waals surface area contributed by atoms with E-state index in [1.54, 1.807) is 19.3 Å². The van der Waals surface area contributed by atoms with Crippen LogP contribution < -0.4 is 4.74 Å². The standard InChI is InChI=1S/C14H20N2O/c1-6-8-11(7-2)17-13-10-15-12(9-16-13)14(3,4)5/h9-11H,7H2,1-5H3/t11-/m1/s1. The summed E-state index contributed by atoms with van der Waals surface area (Å²) in [5.41, 5.74) is 0.971. The van der Waals surface area contributed by atoms with Crippen LogP contribution >= 0.6 is 0 Å². The minimum atomic E-state index is -0.102. The molecular formula is C14H20N2O. The molecule has 0 saturated carbocycles. The van der Waals surface area contributed by atoms with Gasteiger partial charge in [0.05, 0.1) is 18.1 Å². The predicted octanol–water partition coefficient (Wildman–Crippen LogP) is 2.95. The molecule has 3 nitrogen and oxygen atoms in total. The second kappa shape index (κ2) is 5.67. The van der Waals surface area contributed by atoms with E-state index in [-0.39, 0.29) is 11.5 Å². The maximum absolute atomic E-state index is 5.62. The second-order valence-electron chi connectivity index (χ2n) is 4.90. The van der Waals surface area contributed by atoms with Crippen molar-refractivity contribution in [1.82, 2.24) is 9.97 Å². The average molecular weight is 232 g/mol. The zero-order valence-corrected chi connectivity index (χ0v) is 11.2. The number of hydrogen-bond donors (Lipinski definition) is 0. The summed E-state index contributed by atoms with van der Waals surface area (Å²) in [6.07, 6.45) is 4.17. The van der Waals surface area contributed by atoms with Crippen molar-refractivity contribution in [3.8, 4) is 17.7 Å². The highest BCUT2D eigenvalue weighted by Gasteiger charge is 2.16. The summed E-state index contributed by atoms with van der Waals surface area (Å²) in [6, 6.07) is 0. The van der Waals surface area contributed by atoms with Crippen molar-refractivity contribution in [1.29, 1.82) is 0 Å². The van der Waals surface area contributed by atoms with Crippen LogP contribution in [0.2, 0.25) is 0 Å². The van der Waals surface area contributed by atoms with Gasteiger partial charge in [0.15, 0.2) is 6.10 Å². The van der Waals surface area contributed by atoms with Gasteiger partial charge in [-0.3, -0.25) is 4.98 Å². The van der Waals surface area contributed by atoms with Gasteiger partial charge < -0.3 is 4.74 Å². The van der Waals surface area contributed by atoms with Gasteiger partial charge in [0, 0.05) is 5.41 Å². The first-order valence-electron chi connectivity index (χ1n) is 5.88. The maximum atomic E-state index is 5.62. The van der Waals surface area contributed by atoms with Crippen molar-refractivity contribution in [2.45, 2.75) is 52.6 Å². The van der Waals surface area contributed by atoms with Gasteiger partial charge in [0.2, 0.25) is 5.88 Å². The summed E-state index contributed by atoms with van der Waals surface area (Å²) in [6.45, 7) is 10.2. The van der Waals surface area contributed by atoms with Gasteiger partial charge in [0.1, 0.15) is 0 Å². The van der Waals surface area contributed by atoms with Gasteiger partial charge in [-0.15, -0.1) is 5.92 Å². The first-order chi connectivity index (χ1) is 7.97. The van der Waals surface area contributed by atoms with Crippen LogP contribution in [-0.4, -0.2) is 16.1 Å². The molecule has 0 fully saturated rings. The molecule has 0 aliphatic rings. The minimum absolute atomic E-state index is 0.0128. The van der Waals surface area contributed by atoms with Crippen LogP contribution in [0.15, 0.2) is 12.4 Å². The Morgan fingerprint density at radius 3 is 2.41 bits per heavy atom. The van der Waals surface area contributed by atoms with Gasteiger partial charge in [-0.2, -0.15) is 0 Å². The van der Waals surface area contributed by atoms with E-state index >= 15 is 0 Å². The summed E-state index contributed by atoms with van der Waals surface area (Å²) in [7, 11) is 0. The molecule has 0 radical (unpaired) electrons. The third kappa shape index (κ3) is 4.07. The van der Waals surface area contributed by atoms with Crippen LogP contribution in [0, 0.1) is 11.8 Å². The summed E-state index contributed by atoms with van der Waals surface area (Å²) < 4.78 is 5.62. The normalized spacial score (nSPS) is 12.5. The molecule has 17 heavy (non-hydrogen) atoms. The minimum Gasteiger partial charge on any atom is -0.460 e. The highest BCUT2D eigenvalue weighted by Crippen LogP contribution is 2.20. The molecule has 1 atom stereocenters. The lowest BCUT2D eigenvalue weighted by atomic mass is 9.93. The zero-order valence-electron chi connectivity index (χ0n) is 11.2. The van der Waals surface area contributed by atoms with Crippen molar-refractivity contribution in [3.05, 3.63) is 18.1 Å². The smallest absolute Gasteiger partial charge is 0.233 e. The first kappa shape index (κ1) is 13.5. The van der Waals surface area contributed by atoms with E-state index in [9.17, 15) is 0 Å². The SMILES string of the molecule is CC#C[C@@H](CC)Oc1cnc(C(C)(C)C)cn1. The van der Waals surface area contributed by atoms with Gasteiger partial charge in [-0.25, -0.2) is 4.98 Å². The molecule has 0 saturated heterocycles. The van der Waals surface area contributed by atoms with Crippen molar-refractivity contribution in [3.63, 3.8) is 0 Å². The monoisotopic (exact) mass is 232 g/mol. The molecule has 0 amide bonds. The van der Waals surface area contributed by atoms with Crippen molar-refractivity contribution >= 4 is 0 Å². The molecule has 1 rings (SSSR count). The number of rotatable bonds is 3. The lowest BCUT2D eigenvalue weighted by Crippen LogP contribution is -2.16.